The summed E-state index contributed by atoms with van der Waals surface area (Å²) in [5.74, 6) is 1.24. The van der Waals surface area contributed by atoms with Crippen molar-refractivity contribution in [2.45, 2.75) is 32.4 Å². The molecule has 5 heteroatoms. The van der Waals surface area contributed by atoms with Crippen LogP contribution < -0.4 is 0 Å². The summed E-state index contributed by atoms with van der Waals surface area (Å²) in [5, 5.41) is 0.973. The molecule has 23 heavy (non-hydrogen) atoms. The van der Waals surface area contributed by atoms with Gasteiger partial charge in [0.2, 0.25) is 0 Å². The number of nitrogens with zero attached hydrogens (tertiary/aromatic N) is 3. The van der Waals surface area contributed by atoms with E-state index >= 15 is 0 Å². The molecule has 1 fully saturated rings. The summed E-state index contributed by atoms with van der Waals surface area (Å²) in [6.45, 7) is 2.55. The van der Waals surface area contributed by atoms with Crippen molar-refractivity contribution in [2.24, 2.45) is 7.05 Å². The first-order chi connectivity index (χ1) is 11.1. The van der Waals surface area contributed by atoms with E-state index in [4.69, 9.17) is 4.42 Å². The predicted molar refractivity (Wildman–Crippen MR) is 87.1 cm³/mol. The lowest BCUT2D eigenvalue weighted by Crippen LogP contribution is -2.33. The normalized spacial score (nSPS) is 14.3. The van der Waals surface area contributed by atoms with Gasteiger partial charge in [-0.1, -0.05) is 11.6 Å². The number of aromatic nitrogens is 2. The van der Waals surface area contributed by atoms with Crippen molar-refractivity contribution in [2.75, 3.05) is 0 Å². The molecule has 0 saturated heterocycles. The van der Waals surface area contributed by atoms with Crippen LogP contribution in [0.15, 0.2) is 41.1 Å². The molecular formula is C18H19N3O2. The molecule has 0 atom stereocenters. The predicted octanol–water partition coefficient (Wildman–Crippen LogP) is 3.28. The van der Waals surface area contributed by atoms with Crippen LogP contribution in [0, 0.1) is 6.92 Å². The number of carbonyl (C=O) groups excluding carboxylic acids is 1. The molecule has 0 radical (unpaired) electrons. The fourth-order valence-electron chi connectivity index (χ4n) is 2.86. The van der Waals surface area contributed by atoms with E-state index in [0.717, 1.165) is 35.2 Å². The lowest BCUT2D eigenvalue weighted by atomic mass is 10.2. The Morgan fingerprint density at radius 1 is 1.39 bits per heavy atom. The molecule has 118 valence electrons. The van der Waals surface area contributed by atoms with E-state index in [1.807, 2.05) is 53.9 Å². The molecule has 0 bridgehead atoms. The van der Waals surface area contributed by atoms with Crippen molar-refractivity contribution in [3.05, 3.63) is 53.8 Å². The average molecular weight is 309 g/mol. The quantitative estimate of drug-likeness (QED) is 0.743. The van der Waals surface area contributed by atoms with E-state index in [9.17, 15) is 4.79 Å². The van der Waals surface area contributed by atoms with E-state index in [1.54, 1.807) is 6.20 Å². The summed E-state index contributed by atoms with van der Waals surface area (Å²) in [4.78, 5) is 19.1. The van der Waals surface area contributed by atoms with Crippen LogP contribution in [-0.4, -0.2) is 26.4 Å². The van der Waals surface area contributed by atoms with Gasteiger partial charge in [-0.15, -0.1) is 0 Å². The van der Waals surface area contributed by atoms with Gasteiger partial charge < -0.3 is 13.9 Å². The van der Waals surface area contributed by atoms with Gasteiger partial charge in [0.1, 0.15) is 11.4 Å². The van der Waals surface area contributed by atoms with Gasteiger partial charge in [-0.2, -0.15) is 0 Å². The molecule has 0 aliphatic heterocycles. The molecule has 1 amide bonds. The molecule has 3 aromatic rings. The van der Waals surface area contributed by atoms with Crippen molar-refractivity contribution in [3.8, 4) is 0 Å². The highest BCUT2D eigenvalue weighted by Gasteiger charge is 2.35. The number of imidazole rings is 1. The highest BCUT2D eigenvalue weighted by atomic mass is 16.3. The summed E-state index contributed by atoms with van der Waals surface area (Å²) in [6, 6.07) is 8.09. The van der Waals surface area contributed by atoms with Crippen molar-refractivity contribution < 1.29 is 9.21 Å². The highest BCUT2D eigenvalue weighted by Crippen LogP contribution is 2.31. The fourth-order valence-corrected chi connectivity index (χ4v) is 2.86. The number of fused-ring (bicyclic) bond motifs is 1. The minimum atomic E-state index is -0.0515. The minimum absolute atomic E-state index is 0.0515. The summed E-state index contributed by atoms with van der Waals surface area (Å²) in [7, 11) is 1.95. The van der Waals surface area contributed by atoms with Crippen LogP contribution >= 0.6 is 0 Å². The van der Waals surface area contributed by atoms with Gasteiger partial charge in [0.05, 0.1) is 6.54 Å². The first-order valence-electron chi connectivity index (χ1n) is 7.89. The molecule has 2 aromatic heterocycles. The molecule has 1 saturated carbocycles. The summed E-state index contributed by atoms with van der Waals surface area (Å²) < 4.78 is 7.72. The molecule has 2 heterocycles. The van der Waals surface area contributed by atoms with E-state index in [2.05, 4.69) is 4.98 Å². The Kier molecular flexibility index (Phi) is 3.22. The van der Waals surface area contributed by atoms with E-state index < -0.39 is 0 Å². The van der Waals surface area contributed by atoms with Crippen LogP contribution in [0.2, 0.25) is 0 Å². The summed E-state index contributed by atoms with van der Waals surface area (Å²) >= 11 is 0. The minimum Gasteiger partial charge on any atom is -0.451 e. The number of benzene rings is 1. The number of hydrogen-bond donors (Lipinski definition) is 0. The number of hydrogen-bond acceptors (Lipinski definition) is 3. The van der Waals surface area contributed by atoms with Crippen LogP contribution in [0.3, 0.4) is 0 Å². The molecule has 4 rings (SSSR count). The summed E-state index contributed by atoms with van der Waals surface area (Å²) in [6.07, 6.45) is 5.76. The number of carbonyl (C=O) groups is 1. The van der Waals surface area contributed by atoms with Gasteiger partial charge in [0.25, 0.3) is 5.91 Å². The Bertz CT molecular complexity index is 873. The van der Waals surface area contributed by atoms with Gasteiger partial charge in [0.15, 0.2) is 5.76 Å². The second-order valence-electron chi connectivity index (χ2n) is 6.27. The van der Waals surface area contributed by atoms with Gasteiger partial charge in [-0.05, 0) is 38.0 Å². The lowest BCUT2D eigenvalue weighted by Gasteiger charge is -2.20. The molecule has 0 unspecified atom stereocenters. The van der Waals surface area contributed by atoms with Crippen LogP contribution in [0.25, 0.3) is 11.0 Å². The fraction of sp³-hybridized carbons (Fsp3) is 0.333. The molecular weight excluding hydrogens is 290 g/mol. The zero-order valence-corrected chi connectivity index (χ0v) is 13.3. The van der Waals surface area contributed by atoms with Gasteiger partial charge in [-0.3, -0.25) is 4.79 Å². The third-order valence-corrected chi connectivity index (χ3v) is 4.36. The number of aryl methyl sites for hydroxylation is 2. The molecule has 1 aromatic carbocycles. The molecule has 0 N–H and O–H groups in total. The van der Waals surface area contributed by atoms with Crippen molar-refractivity contribution in [3.63, 3.8) is 0 Å². The Morgan fingerprint density at radius 3 is 2.91 bits per heavy atom. The van der Waals surface area contributed by atoms with E-state index in [1.165, 1.54) is 0 Å². The van der Waals surface area contributed by atoms with E-state index in [0.29, 0.717) is 18.3 Å². The molecule has 0 spiro atoms. The maximum atomic E-state index is 12.9. The van der Waals surface area contributed by atoms with Gasteiger partial charge in [-0.25, -0.2) is 4.98 Å². The number of rotatable bonds is 4. The van der Waals surface area contributed by atoms with Crippen LogP contribution in [0.4, 0.5) is 0 Å². The van der Waals surface area contributed by atoms with Crippen LogP contribution in [0.5, 0.6) is 0 Å². The molecule has 1 aliphatic carbocycles. The maximum absolute atomic E-state index is 12.9. The Morgan fingerprint density at radius 2 is 2.22 bits per heavy atom. The van der Waals surface area contributed by atoms with Crippen LogP contribution in [-0.2, 0) is 13.6 Å². The monoisotopic (exact) mass is 309 g/mol. The first kappa shape index (κ1) is 14.1. The standard InChI is InChI=1S/C18H19N3O2/c1-12-3-6-15-13(9-12)10-16(23-15)18(22)21(14-4-5-14)11-17-19-7-8-20(17)2/h3,6-10,14H,4-5,11H2,1-2H3. The largest absolute Gasteiger partial charge is 0.451 e. The Labute approximate surface area is 134 Å². The van der Waals surface area contributed by atoms with Crippen molar-refractivity contribution in [1.82, 2.24) is 14.5 Å². The zero-order chi connectivity index (χ0) is 16.0. The topological polar surface area (TPSA) is 51.3 Å². The highest BCUT2D eigenvalue weighted by molar-refractivity contribution is 5.96. The third kappa shape index (κ3) is 2.63. The SMILES string of the molecule is Cc1ccc2oc(C(=O)N(Cc3nccn3C)C3CC3)cc2c1. The number of furan rings is 1. The van der Waals surface area contributed by atoms with Gasteiger partial charge >= 0.3 is 0 Å². The summed E-state index contributed by atoms with van der Waals surface area (Å²) in [5.41, 5.74) is 1.91. The molecule has 5 nitrogen and oxygen atoms in total. The smallest absolute Gasteiger partial charge is 0.290 e. The Balaban J connectivity index is 1.65. The second kappa shape index (κ2) is 5.26. The zero-order valence-electron chi connectivity index (χ0n) is 13.3. The average Bonchev–Trinajstić information content (AvgIpc) is 3.16. The first-order valence-corrected chi connectivity index (χ1v) is 7.89. The van der Waals surface area contributed by atoms with Crippen LogP contribution in [0.1, 0.15) is 34.8 Å². The lowest BCUT2D eigenvalue weighted by molar-refractivity contribution is 0.0694. The van der Waals surface area contributed by atoms with Gasteiger partial charge in [0, 0.05) is 30.9 Å². The third-order valence-electron chi connectivity index (χ3n) is 4.36. The van der Waals surface area contributed by atoms with Crippen molar-refractivity contribution in [1.29, 1.82) is 0 Å². The molecule has 1 aliphatic rings. The number of amides is 1. The van der Waals surface area contributed by atoms with E-state index in [-0.39, 0.29) is 5.91 Å². The Hall–Kier alpha value is -2.56. The second-order valence-corrected chi connectivity index (χ2v) is 6.27. The van der Waals surface area contributed by atoms with Crippen molar-refractivity contribution >= 4 is 16.9 Å². The maximum Gasteiger partial charge on any atom is 0.290 e.